The predicted molar refractivity (Wildman–Crippen MR) is 65.1 cm³/mol. The number of fused-ring (bicyclic) bond motifs is 1. The van der Waals surface area contributed by atoms with Crippen LogP contribution in [0.5, 0.6) is 11.5 Å². The van der Waals surface area contributed by atoms with Crippen LogP contribution in [-0.2, 0) is 6.42 Å². The SMILES string of the molecule is ClCCc1nnc(-c2cccc3c2OCCO3)o1. The van der Waals surface area contributed by atoms with Gasteiger partial charge in [-0.05, 0) is 12.1 Å². The Balaban J connectivity index is 2.00. The molecule has 1 aliphatic heterocycles. The maximum atomic E-state index is 5.63. The zero-order valence-electron chi connectivity index (χ0n) is 9.56. The van der Waals surface area contributed by atoms with E-state index in [1.54, 1.807) is 0 Å². The summed E-state index contributed by atoms with van der Waals surface area (Å²) in [4.78, 5) is 0. The Morgan fingerprint density at radius 2 is 2.06 bits per heavy atom. The van der Waals surface area contributed by atoms with Gasteiger partial charge < -0.3 is 13.9 Å². The third kappa shape index (κ3) is 2.01. The first-order valence-corrected chi connectivity index (χ1v) is 6.19. The number of aryl methyl sites for hydroxylation is 1. The van der Waals surface area contributed by atoms with Gasteiger partial charge in [-0.3, -0.25) is 0 Å². The normalized spacial score (nSPS) is 13.6. The Labute approximate surface area is 109 Å². The van der Waals surface area contributed by atoms with Crippen LogP contribution >= 0.6 is 11.6 Å². The summed E-state index contributed by atoms with van der Waals surface area (Å²) in [5.74, 6) is 2.76. The van der Waals surface area contributed by atoms with Gasteiger partial charge in [-0.2, -0.15) is 0 Å². The highest BCUT2D eigenvalue weighted by atomic mass is 35.5. The summed E-state index contributed by atoms with van der Waals surface area (Å²) in [7, 11) is 0. The number of aromatic nitrogens is 2. The molecular formula is C12H11ClN2O3. The van der Waals surface area contributed by atoms with E-state index in [1.165, 1.54) is 0 Å². The van der Waals surface area contributed by atoms with Crippen molar-refractivity contribution in [3.8, 4) is 23.0 Å². The van der Waals surface area contributed by atoms with Crippen LogP contribution in [0.4, 0.5) is 0 Å². The average molecular weight is 267 g/mol. The minimum absolute atomic E-state index is 0.428. The van der Waals surface area contributed by atoms with Crippen molar-refractivity contribution < 1.29 is 13.9 Å². The van der Waals surface area contributed by atoms with Crippen LogP contribution in [0.25, 0.3) is 11.5 Å². The highest BCUT2D eigenvalue weighted by molar-refractivity contribution is 6.17. The van der Waals surface area contributed by atoms with E-state index in [0.29, 0.717) is 48.8 Å². The van der Waals surface area contributed by atoms with Crippen LogP contribution < -0.4 is 9.47 Å². The molecule has 94 valence electrons. The highest BCUT2D eigenvalue weighted by Crippen LogP contribution is 2.39. The minimum atomic E-state index is 0.428. The standard InChI is InChI=1S/C12H11ClN2O3/c13-5-4-10-14-15-12(18-10)8-2-1-3-9-11(8)17-7-6-16-9/h1-3H,4-7H2. The molecule has 0 bridgehead atoms. The van der Waals surface area contributed by atoms with Gasteiger partial charge in [0.05, 0.1) is 5.56 Å². The molecule has 0 saturated heterocycles. The number of hydrogen-bond acceptors (Lipinski definition) is 5. The quantitative estimate of drug-likeness (QED) is 0.798. The van der Waals surface area contributed by atoms with E-state index >= 15 is 0 Å². The van der Waals surface area contributed by atoms with E-state index in [2.05, 4.69) is 10.2 Å². The number of benzene rings is 1. The lowest BCUT2D eigenvalue weighted by Crippen LogP contribution is -2.15. The van der Waals surface area contributed by atoms with Gasteiger partial charge in [0.2, 0.25) is 5.89 Å². The second kappa shape index (κ2) is 4.86. The molecule has 0 N–H and O–H groups in total. The summed E-state index contributed by atoms with van der Waals surface area (Å²) in [5, 5.41) is 7.94. The van der Waals surface area contributed by atoms with Gasteiger partial charge in [0.1, 0.15) is 13.2 Å². The second-order valence-corrected chi connectivity index (χ2v) is 4.15. The summed E-state index contributed by atoms with van der Waals surface area (Å²) in [6, 6.07) is 5.59. The molecule has 1 aromatic heterocycles. The molecule has 0 spiro atoms. The largest absolute Gasteiger partial charge is 0.486 e. The molecule has 3 rings (SSSR count). The van der Waals surface area contributed by atoms with Crippen molar-refractivity contribution in [3.05, 3.63) is 24.1 Å². The molecule has 0 saturated carbocycles. The predicted octanol–water partition coefficient (Wildman–Crippen LogP) is 2.29. The molecule has 2 heterocycles. The van der Waals surface area contributed by atoms with E-state index in [4.69, 9.17) is 25.5 Å². The van der Waals surface area contributed by atoms with Gasteiger partial charge in [-0.15, -0.1) is 21.8 Å². The van der Waals surface area contributed by atoms with Crippen molar-refractivity contribution in [3.63, 3.8) is 0 Å². The number of rotatable bonds is 3. The van der Waals surface area contributed by atoms with Crippen molar-refractivity contribution in [2.24, 2.45) is 0 Å². The summed E-state index contributed by atoms with van der Waals surface area (Å²) < 4.78 is 16.6. The third-order valence-corrected chi connectivity index (χ3v) is 2.76. The van der Waals surface area contributed by atoms with E-state index in [0.717, 1.165) is 5.56 Å². The highest BCUT2D eigenvalue weighted by Gasteiger charge is 2.20. The smallest absolute Gasteiger partial charge is 0.251 e. The maximum Gasteiger partial charge on any atom is 0.251 e. The molecule has 1 aromatic carbocycles. The van der Waals surface area contributed by atoms with Crippen LogP contribution in [0.15, 0.2) is 22.6 Å². The number of para-hydroxylation sites is 1. The number of alkyl halides is 1. The third-order valence-electron chi connectivity index (χ3n) is 2.57. The van der Waals surface area contributed by atoms with Crippen molar-refractivity contribution in [2.45, 2.75) is 6.42 Å². The van der Waals surface area contributed by atoms with Crippen molar-refractivity contribution >= 4 is 11.6 Å². The van der Waals surface area contributed by atoms with E-state index in [9.17, 15) is 0 Å². The summed E-state index contributed by atoms with van der Waals surface area (Å²) >= 11 is 5.63. The number of halogens is 1. The Morgan fingerprint density at radius 1 is 1.17 bits per heavy atom. The number of nitrogens with zero attached hydrogens (tertiary/aromatic N) is 2. The molecule has 0 unspecified atom stereocenters. The van der Waals surface area contributed by atoms with E-state index < -0.39 is 0 Å². The number of ether oxygens (including phenoxy) is 2. The Morgan fingerprint density at radius 3 is 2.94 bits per heavy atom. The molecule has 0 amide bonds. The first-order chi connectivity index (χ1) is 8.88. The fraction of sp³-hybridized carbons (Fsp3) is 0.333. The van der Waals surface area contributed by atoms with E-state index in [1.807, 2.05) is 18.2 Å². The van der Waals surface area contributed by atoms with Crippen molar-refractivity contribution in [2.75, 3.05) is 19.1 Å². The van der Waals surface area contributed by atoms with Crippen LogP contribution in [0.1, 0.15) is 5.89 Å². The van der Waals surface area contributed by atoms with Gasteiger partial charge in [0, 0.05) is 12.3 Å². The molecular weight excluding hydrogens is 256 g/mol. The minimum Gasteiger partial charge on any atom is -0.486 e. The van der Waals surface area contributed by atoms with Crippen molar-refractivity contribution in [1.82, 2.24) is 10.2 Å². The molecule has 18 heavy (non-hydrogen) atoms. The summed E-state index contributed by atoms with van der Waals surface area (Å²) in [5.41, 5.74) is 0.750. The van der Waals surface area contributed by atoms with Gasteiger partial charge in [0.15, 0.2) is 11.5 Å². The maximum absolute atomic E-state index is 5.63. The number of hydrogen-bond donors (Lipinski definition) is 0. The zero-order chi connectivity index (χ0) is 12.4. The molecule has 0 radical (unpaired) electrons. The van der Waals surface area contributed by atoms with Crippen LogP contribution in [0.3, 0.4) is 0 Å². The first-order valence-electron chi connectivity index (χ1n) is 5.66. The Hall–Kier alpha value is -1.75. The van der Waals surface area contributed by atoms with Gasteiger partial charge in [-0.25, -0.2) is 0 Å². The first kappa shape index (κ1) is 11.3. The van der Waals surface area contributed by atoms with Crippen LogP contribution in [-0.4, -0.2) is 29.3 Å². The molecule has 0 atom stereocenters. The van der Waals surface area contributed by atoms with Crippen molar-refractivity contribution in [1.29, 1.82) is 0 Å². The Bertz CT molecular complexity index is 556. The lowest BCUT2D eigenvalue weighted by molar-refractivity contribution is 0.172. The zero-order valence-corrected chi connectivity index (χ0v) is 10.3. The second-order valence-electron chi connectivity index (χ2n) is 3.77. The molecule has 5 nitrogen and oxygen atoms in total. The summed E-state index contributed by atoms with van der Waals surface area (Å²) in [6.45, 7) is 1.07. The monoisotopic (exact) mass is 266 g/mol. The lowest BCUT2D eigenvalue weighted by atomic mass is 10.2. The molecule has 0 aliphatic carbocycles. The lowest BCUT2D eigenvalue weighted by Gasteiger charge is -2.19. The van der Waals surface area contributed by atoms with Crippen LogP contribution in [0, 0.1) is 0 Å². The average Bonchev–Trinajstić information content (AvgIpc) is 2.87. The fourth-order valence-electron chi connectivity index (χ4n) is 1.79. The van der Waals surface area contributed by atoms with Gasteiger partial charge in [0.25, 0.3) is 5.89 Å². The van der Waals surface area contributed by atoms with E-state index in [-0.39, 0.29) is 0 Å². The molecule has 2 aromatic rings. The molecule has 0 fully saturated rings. The molecule has 6 heteroatoms. The van der Waals surface area contributed by atoms with Gasteiger partial charge >= 0.3 is 0 Å². The molecule has 1 aliphatic rings. The van der Waals surface area contributed by atoms with Crippen LogP contribution in [0.2, 0.25) is 0 Å². The topological polar surface area (TPSA) is 57.4 Å². The summed E-state index contributed by atoms with van der Waals surface area (Å²) in [6.07, 6.45) is 0.556. The Kier molecular flexibility index (Phi) is 3.06. The fourth-order valence-corrected chi connectivity index (χ4v) is 1.95. The van der Waals surface area contributed by atoms with Gasteiger partial charge in [-0.1, -0.05) is 6.07 Å².